The predicted octanol–water partition coefficient (Wildman–Crippen LogP) is 1.56. The zero-order valence-electron chi connectivity index (χ0n) is 9.04. The van der Waals surface area contributed by atoms with Crippen molar-refractivity contribution < 1.29 is 9.53 Å². The summed E-state index contributed by atoms with van der Waals surface area (Å²) in [5.41, 5.74) is 5.91. The summed E-state index contributed by atoms with van der Waals surface area (Å²) in [5, 5.41) is 0. The molecule has 0 spiro atoms. The van der Waals surface area contributed by atoms with E-state index in [0.717, 1.165) is 12.8 Å². The molecule has 0 aromatic rings. The molecular weight excluding hydrogens is 166 g/mol. The maximum Gasteiger partial charge on any atom is 0.310 e. The van der Waals surface area contributed by atoms with Gasteiger partial charge in [-0.15, -0.1) is 0 Å². The predicted molar refractivity (Wildman–Crippen MR) is 53.2 cm³/mol. The molecule has 78 valence electrons. The van der Waals surface area contributed by atoms with Crippen LogP contribution < -0.4 is 5.73 Å². The third kappa shape index (κ3) is 3.77. The lowest BCUT2D eigenvalue weighted by molar-refractivity contribution is -0.147. The van der Waals surface area contributed by atoms with Crippen molar-refractivity contribution >= 4 is 5.97 Å². The highest BCUT2D eigenvalue weighted by atomic mass is 16.5. The summed E-state index contributed by atoms with van der Waals surface area (Å²) >= 11 is 0. The van der Waals surface area contributed by atoms with Crippen LogP contribution in [0.3, 0.4) is 0 Å². The van der Waals surface area contributed by atoms with Gasteiger partial charge in [0, 0.05) is 6.04 Å². The largest absolute Gasteiger partial charge is 0.469 e. The van der Waals surface area contributed by atoms with Gasteiger partial charge in [-0.3, -0.25) is 4.79 Å². The first-order valence-corrected chi connectivity index (χ1v) is 4.88. The topological polar surface area (TPSA) is 52.3 Å². The number of rotatable bonds is 5. The Balaban J connectivity index is 4.32. The Kier molecular flexibility index (Phi) is 5.71. The highest BCUT2D eigenvalue weighted by molar-refractivity contribution is 5.73. The quantitative estimate of drug-likeness (QED) is 0.664. The van der Waals surface area contributed by atoms with Crippen molar-refractivity contribution in [1.29, 1.82) is 0 Å². The number of nitrogens with two attached hydrogens (primary N) is 1. The van der Waals surface area contributed by atoms with Gasteiger partial charge in [-0.05, 0) is 12.3 Å². The molecule has 0 bridgehead atoms. The molecule has 0 aliphatic rings. The summed E-state index contributed by atoms with van der Waals surface area (Å²) in [5.74, 6) is -0.102. The number of methoxy groups -OCH3 is 1. The normalized spacial score (nSPS) is 15.5. The molecule has 0 amide bonds. The van der Waals surface area contributed by atoms with Crippen LogP contribution in [-0.4, -0.2) is 19.1 Å². The van der Waals surface area contributed by atoms with E-state index in [2.05, 4.69) is 6.92 Å². The molecular formula is C10H21NO2. The molecule has 0 fully saturated rings. The average Bonchev–Trinajstić information content (AvgIpc) is 2.04. The zero-order chi connectivity index (χ0) is 10.4. The molecule has 0 rings (SSSR count). The van der Waals surface area contributed by atoms with Gasteiger partial charge in [0.1, 0.15) is 0 Å². The smallest absolute Gasteiger partial charge is 0.310 e. The number of ether oxygens (including phenoxy) is 1. The van der Waals surface area contributed by atoms with Gasteiger partial charge < -0.3 is 10.5 Å². The first kappa shape index (κ1) is 12.4. The van der Waals surface area contributed by atoms with Crippen LogP contribution in [0.4, 0.5) is 0 Å². The molecule has 0 aromatic heterocycles. The molecule has 2 N–H and O–H groups in total. The van der Waals surface area contributed by atoms with Crippen molar-refractivity contribution in [1.82, 2.24) is 0 Å². The molecule has 13 heavy (non-hydrogen) atoms. The van der Waals surface area contributed by atoms with Crippen molar-refractivity contribution in [2.75, 3.05) is 7.11 Å². The van der Waals surface area contributed by atoms with Gasteiger partial charge in [0.15, 0.2) is 0 Å². The Bertz CT molecular complexity index is 157. The summed E-state index contributed by atoms with van der Waals surface area (Å²) in [7, 11) is 1.41. The van der Waals surface area contributed by atoms with Gasteiger partial charge in [-0.2, -0.15) is 0 Å². The summed E-state index contributed by atoms with van der Waals surface area (Å²) in [6, 6.07) is -0.0718. The van der Waals surface area contributed by atoms with Gasteiger partial charge in [-0.1, -0.05) is 27.2 Å². The van der Waals surface area contributed by atoms with Crippen LogP contribution in [0, 0.1) is 11.8 Å². The maximum absolute atomic E-state index is 11.4. The van der Waals surface area contributed by atoms with E-state index in [1.807, 2.05) is 13.8 Å². The zero-order valence-corrected chi connectivity index (χ0v) is 9.04. The van der Waals surface area contributed by atoms with Crippen LogP contribution in [-0.2, 0) is 9.53 Å². The third-order valence-electron chi connectivity index (χ3n) is 2.27. The summed E-state index contributed by atoms with van der Waals surface area (Å²) in [6.07, 6.45) is 1.87. The van der Waals surface area contributed by atoms with Crippen molar-refractivity contribution in [2.24, 2.45) is 17.6 Å². The van der Waals surface area contributed by atoms with Crippen molar-refractivity contribution in [2.45, 2.75) is 39.7 Å². The van der Waals surface area contributed by atoms with Crippen LogP contribution in [0.5, 0.6) is 0 Å². The Labute approximate surface area is 80.6 Å². The summed E-state index contributed by atoms with van der Waals surface area (Å²) < 4.78 is 4.72. The SMILES string of the molecule is CCCC(N)C(C(=O)OC)C(C)C. The fraction of sp³-hybridized carbons (Fsp3) is 0.900. The molecule has 0 saturated heterocycles. The van der Waals surface area contributed by atoms with E-state index in [0.29, 0.717) is 0 Å². The third-order valence-corrected chi connectivity index (χ3v) is 2.27. The number of hydrogen-bond acceptors (Lipinski definition) is 3. The molecule has 2 unspecified atom stereocenters. The van der Waals surface area contributed by atoms with Gasteiger partial charge in [0.25, 0.3) is 0 Å². The fourth-order valence-corrected chi connectivity index (χ4v) is 1.59. The lowest BCUT2D eigenvalue weighted by atomic mass is 9.87. The molecule has 3 nitrogen and oxygen atoms in total. The van der Waals surface area contributed by atoms with E-state index in [9.17, 15) is 4.79 Å². The monoisotopic (exact) mass is 187 g/mol. The van der Waals surface area contributed by atoms with Crippen molar-refractivity contribution in [3.63, 3.8) is 0 Å². The van der Waals surface area contributed by atoms with Gasteiger partial charge in [-0.25, -0.2) is 0 Å². The van der Waals surface area contributed by atoms with E-state index >= 15 is 0 Å². The minimum absolute atomic E-state index is 0.0718. The van der Waals surface area contributed by atoms with Crippen molar-refractivity contribution in [3.05, 3.63) is 0 Å². The number of carbonyl (C=O) groups is 1. The van der Waals surface area contributed by atoms with Crippen LogP contribution >= 0.6 is 0 Å². The lowest BCUT2D eigenvalue weighted by Crippen LogP contribution is -2.39. The number of esters is 1. The van der Waals surface area contributed by atoms with Gasteiger partial charge in [0.2, 0.25) is 0 Å². The molecule has 0 aliphatic heterocycles. The van der Waals surface area contributed by atoms with Crippen LogP contribution in [0.1, 0.15) is 33.6 Å². The van der Waals surface area contributed by atoms with Gasteiger partial charge in [0.05, 0.1) is 13.0 Å². The van der Waals surface area contributed by atoms with Crippen molar-refractivity contribution in [3.8, 4) is 0 Å². The van der Waals surface area contributed by atoms with Crippen LogP contribution in [0.15, 0.2) is 0 Å². The average molecular weight is 187 g/mol. The summed E-state index contributed by atoms with van der Waals surface area (Å²) in [4.78, 5) is 11.4. The second-order valence-corrected chi connectivity index (χ2v) is 3.75. The minimum atomic E-state index is -0.184. The Hall–Kier alpha value is -0.570. The first-order valence-electron chi connectivity index (χ1n) is 4.88. The molecule has 0 radical (unpaired) electrons. The molecule has 2 atom stereocenters. The molecule has 0 heterocycles. The van der Waals surface area contributed by atoms with Crippen LogP contribution in [0.2, 0.25) is 0 Å². The van der Waals surface area contributed by atoms with Crippen LogP contribution in [0.25, 0.3) is 0 Å². The fourth-order valence-electron chi connectivity index (χ4n) is 1.59. The maximum atomic E-state index is 11.4. The van der Waals surface area contributed by atoms with E-state index < -0.39 is 0 Å². The van der Waals surface area contributed by atoms with Gasteiger partial charge >= 0.3 is 5.97 Å². The van der Waals surface area contributed by atoms with E-state index in [4.69, 9.17) is 10.5 Å². The Morgan fingerprint density at radius 3 is 2.31 bits per heavy atom. The molecule has 0 saturated carbocycles. The van der Waals surface area contributed by atoms with E-state index in [1.54, 1.807) is 0 Å². The highest BCUT2D eigenvalue weighted by Gasteiger charge is 2.28. The lowest BCUT2D eigenvalue weighted by Gasteiger charge is -2.24. The second kappa shape index (κ2) is 5.97. The van der Waals surface area contributed by atoms with E-state index in [1.165, 1.54) is 7.11 Å². The molecule has 0 aliphatic carbocycles. The number of hydrogen-bond donors (Lipinski definition) is 1. The number of carbonyl (C=O) groups excluding carboxylic acids is 1. The summed E-state index contributed by atoms with van der Waals surface area (Å²) in [6.45, 7) is 6.06. The molecule has 3 heteroatoms. The Morgan fingerprint density at radius 2 is 2.00 bits per heavy atom. The highest BCUT2D eigenvalue weighted by Crippen LogP contribution is 2.18. The standard InChI is InChI=1S/C10H21NO2/c1-5-6-8(11)9(7(2)3)10(12)13-4/h7-9H,5-6,11H2,1-4H3. The second-order valence-electron chi connectivity index (χ2n) is 3.75. The van der Waals surface area contributed by atoms with E-state index in [-0.39, 0.29) is 23.8 Å². The Morgan fingerprint density at radius 1 is 1.46 bits per heavy atom. The molecule has 0 aromatic carbocycles. The first-order chi connectivity index (χ1) is 6.04. The minimum Gasteiger partial charge on any atom is -0.469 e.